The minimum absolute atomic E-state index is 0.180. The average molecular weight is 407 g/mol. The van der Waals surface area contributed by atoms with Crippen LogP contribution in [-0.2, 0) is 21.4 Å². The number of carbonyl (C=O) groups excluding carboxylic acids is 1. The number of nitrogens with one attached hydrogen (secondary N) is 2. The van der Waals surface area contributed by atoms with Crippen molar-refractivity contribution in [3.8, 4) is 0 Å². The molecule has 3 rings (SSSR count). The highest BCUT2D eigenvalue weighted by Crippen LogP contribution is 2.23. The van der Waals surface area contributed by atoms with Gasteiger partial charge in [-0.2, -0.15) is 4.31 Å². The van der Waals surface area contributed by atoms with E-state index in [1.165, 1.54) is 22.5 Å². The van der Waals surface area contributed by atoms with Crippen LogP contribution in [0.2, 0.25) is 0 Å². The number of sulfonamides is 1. The summed E-state index contributed by atoms with van der Waals surface area (Å²) in [5.74, 6) is -0.532. The maximum Gasteiger partial charge on any atom is 0.279 e. The summed E-state index contributed by atoms with van der Waals surface area (Å²) in [6.07, 6.45) is 1.74. The van der Waals surface area contributed by atoms with Crippen LogP contribution in [0.15, 0.2) is 53.4 Å². The number of amides is 1. The lowest BCUT2D eigenvalue weighted by Crippen LogP contribution is -3.08. The maximum atomic E-state index is 13.3. The van der Waals surface area contributed by atoms with Gasteiger partial charge in [-0.15, -0.1) is 0 Å². The van der Waals surface area contributed by atoms with Gasteiger partial charge in [0.25, 0.3) is 5.91 Å². The summed E-state index contributed by atoms with van der Waals surface area (Å²) in [6.45, 7) is 1.76. The highest BCUT2D eigenvalue weighted by molar-refractivity contribution is 7.89. The fraction of sp³-hybridized carbons (Fsp3) is 0.350. The third-order valence-electron chi connectivity index (χ3n) is 4.68. The molecule has 6 nitrogen and oxygen atoms in total. The van der Waals surface area contributed by atoms with Crippen LogP contribution in [0.4, 0.5) is 10.1 Å². The zero-order valence-electron chi connectivity index (χ0n) is 15.8. The zero-order valence-corrected chi connectivity index (χ0v) is 16.6. The van der Waals surface area contributed by atoms with Crippen LogP contribution >= 0.6 is 0 Å². The monoisotopic (exact) mass is 406 g/mol. The Morgan fingerprint density at radius 1 is 1.14 bits per heavy atom. The van der Waals surface area contributed by atoms with Crippen LogP contribution < -0.4 is 10.2 Å². The Hall–Kier alpha value is -2.29. The number of halogens is 1. The van der Waals surface area contributed by atoms with Gasteiger partial charge in [-0.1, -0.05) is 18.2 Å². The van der Waals surface area contributed by atoms with Crippen molar-refractivity contribution < 1.29 is 22.5 Å². The van der Waals surface area contributed by atoms with Crippen molar-refractivity contribution in [2.75, 3.05) is 32.0 Å². The predicted molar refractivity (Wildman–Crippen MR) is 105 cm³/mol. The van der Waals surface area contributed by atoms with Crippen molar-refractivity contribution in [2.45, 2.75) is 24.3 Å². The van der Waals surface area contributed by atoms with Crippen LogP contribution in [0.5, 0.6) is 0 Å². The lowest BCUT2D eigenvalue weighted by atomic mass is 10.2. The number of likely N-dealkylation sites (N-methyl/N-ethyl adjacent to an activating group) is 1. The number of hydrogen-bond donors (Lipinski definition) is 2. The molecule has 1 amide bonds. The van der Waals surface area contributed by atoms with Gasteiger partial charge in [-0.3, -0.25) is 4.79 Å². The minimum Gasteiger partial charge on any atom is -0.326 e. The van der Waals surface area contributed by atoms with E-state index in [-0.39, 0.29) is 23.2 Å². The van der Waals surface area contributed by atoms with Crippen molar-refractivity contribution >= 4 is 21.6 Å². The van der Waals surface area contributed by atoms with Gasteiger partial charge >= 0.3 is 0 Å². The first kappa shape index (κ1) is 20.4. The molecule has 1 aliphatic heterocycles. The molecule has 1 fully saturated rings. The van der Waals surface area contributed by atoms with Gasteiger partial charge in [0.2, 0.25) is 10.0 Å². The molecule has 0 spiro atoms. The van der Waals surface area contributed by atoms with Gasteiger partial charge in [0, 0.05) is 24.3 Å². The van der Waals surface area contributed by atoms with E-state index in [4.69, 9.17) is 0 Å². The quantitative estimate of drug-likeness (QED) is 0.727. The number of quaternary nitrogens is 1. The summed E-state index contributed by atoms with van der Waals surface area (Å²) < 4.78 is 40.1. The van der Waals surface area contributed by atoms with Crippen LogP contribution in [0, 0.1) is 5.82 Å². The summed E-state index contributed by atoms with van der Waals surface area (Å²) in [7, 11) is -1.68. The van der Waals surface area contributed by atoms with Crippen LogP contribution in [-0.4, -0.2) is 45.3 Å². The zero-order chi connectivity index (χ0) is 20.1. The van der Waals surface area contributed by atoms with Gasteiger partial charge in [0.1, 0.15) is 12.4 Å². The maximum absolute atomic E-state index is 13.3. The second kappa shape index (κ2) is 8.81. The van der Waals surface area contributed by atoms with E-state index in [9.17, 15) is 17.6 Å². The molecule has 0 saturated carbocycles. The van der Waals surface area contributed by atoms with Crippen LogP contribution in [0.25, 0.3) is 0 Å². The molecule has 8 heteroatoms. The number of nitrogens with zero attached hydrogens (tertiary/aromatic N) is 1. The van der Waals surface area contributed by atoms with Crippen molar-refractivity contribution in [3.63, 3.8) is 0 Å². The third kappa shape index (κ3) is 5.15. The van der Waals surface area contributed by atoms with Gasteiger partial charge in [0.05, 0.1) is 11.9 Å². The summed E-state index contributed by atoms with van der Waals surface area (Å²) >= 11 is 0. The van der Waals surface area contributed by atoms with E-state index in [0.29, 0.717) is 25.3 Å². The summed E-state index contributed by atoms with van der Waals surface area (Å²) in [6, 6.07) is 12.6. The predicted octanol–water partition coefficient (Wildman–Crippen LogP) is 1.26. The van der Waals surface area contributed by atoms with Gasteiger partial charge in [-0.25, -0.2) is 12.8 Å². The fourth-order valence-corrected chi connectivity index (χ4v) is 4.91. The van der Waals surface area contributed by atoms with Gasteiger partial charge in [-0.05, 0) is 43.2 Å². The summed E-state index contributed by atoms with van der Waals surface area (Å²) in [5.41, 5.74) is 1.26. The molecular formula is C20H25FN3O3S+. The number of hydrogen-bond acceptors (Lipinski definition) is 3. The molecule has 1 unspecified atom stereocenters. The second-order valence-corrected chi connectivity index (χ2v) is 9.07. The van der Waals surface area contributed by atoms with E-state index >= 15 is 0 Å². The lowest BCUT2D eigenvalue weighted by molar-refractivity contribution is -0.885. The Bertz CT molecular complexity index is 943. The SMILES string of the molecule is C[NH+](CC(=O)Nc1cccc(S(=O)(=O)N2CCCC2)c1)Cc1cccc(F)c1. The number of anilines is 1. The van der Waals surface area contributed by atoms with Crippen molar-refractivity contribution in [2.24, 2.45) is 0 Å². The Balaban J connectivity index is 1.61. The first-order valence-corrected chi connectivity index (χ1v) is 10.7. The number of carbonyl (C=O) groups is 1. The summed E-state index contributed by atoms with van der Waals surface area (Å²) in [5, 5.41) is 2.76. The van der Waals surface area contributed by atoms with E-state index in [1.54, 1.807) is 24.3 Å². The fourth-order valence-electron chi connectivity index (χ4n) is 3.35. The van der Waals surface area contributed by atoms with Crippen molar-refractivity contribution in [1.82, 2.24) is 4.31 Å². The van der Waals surface area contributed by atoms with E-state index in [1.807, 2.05) is 13.1 Å². The molecule has 0 aliphatic carbocycles. The molecule has 1 heterocycles. The van der Waals surface area contributed by atoms with Crippen molar-refractivity contribution in [1.29, 1.82) is 0 Å². The lowest BCUT2D eigenvalue weighted by Gasteiger charge is -2.17. The molecule has 0 bridgehead atoms. The molecule has 2 N–H and O–H groups in total. The Labute approximate surface area is 165 Å². The summed E-state index contributed by atoms with van der Waals surface area (Å²) in [4.78, 5) is 13.4. The molecule has 0 aromatic heterocycles. The first-order valence-electron chi connectivity index (χ1n) is 9.30. The molecule has 1 aliphatic rings. The second-order valence-electron chi connectivity index (χ2n) is 7.13. The van der Waals surface area contributed by atoms with E-state index in [2.05, 4.69) is 5.32 Å². The highest BCUT2D eigenvalue weighted by atomic mass is 32.2. The Morgan fingerprint density at radius 3 is 2.57 bits per heavy atom. The minimum atomic E-state index is -3.52. The number of rotatable bonds is 7. The normalized spacial score (nSPS) is 16.1. The number of benzene rings is 2. The topological polar surface area (TPSA) is 70.9 Å². The molecule has 150 valence electrons. The molecule has 2 aromatic carbocycles. The smallest absolute Gasteiger partial charge is 0.279 e. The highest BCUT2D eigenvalue weighted by Gasteiger charge is 2.27. The largest absolute Gasteiger partial charge is 0.326 e. The van der Waals surface area contributed by atoms with E-state index in [0.717, 1.165) is 23.3 Å². The third-order valence-corrected chi connectivity index (χ3v) is 6.57. The molecule has 1 saturated heterocycles. The molecule has 2 aromatic rings. The first-order chi connectivity index (χ1) is 13.3. The van der Waals surface area contributed by atoms with Crippen LogP contribution in [0.1, 0.15) is 18.4 Å². The molecular weight excluding hydrogens is 381 g/mol. The molecule has 28 heavy (non-hydrogen) atoms. The van der Waals surface area contributed by atoms with Crippen LogP contribution in [0.3, 0.4) is 0 Å². The molecule has 0 radical (unpaired) electrons. The van der Waals surface area contributed by atoms with Crippen molar-refractivity contribution in [3.05, 3.63) is 59.9 Å². The standard InChI is InChI=1S/C20H24FN3O3S/c1-23(14-16-6-4-7-17(21)12-16)15-20(25)22-18-8-5-9-19(13-18)28(26,27)24-10-2-3-11-24/h4-9,12-13H,2-3,10-11,14-15H2,1H3,(H,22,25)/p+1. The van der Waals surface area contributed by atoms with E-state index < -0.39 is 10.0 Å². The van der Waals surface area contributed by atoms with Gasteiger partial charge < -0.3 is 10.2 Å². The average Bonchev–Trinajstić information content (AvgIpc) is 3.17. The van der Waals surface area contributed by atoms with Gasteiger partial charge in [0.15, 0.2) is 6.54 Å². The Kier molecular flexibility index (Phi) is 6.43. The molecule has 1 atom stereocenters. The Morgan fingerprint density at radius 2 is 1.86 bits per heavy atom.